The van der Waals surface area contributed by atoms with Gasteiger partial charge in [-0.1, -0.05) is 171 Å². The summed E-state index contributed by atoms with van der Waals surface area (Å²) in [5, 5.41) is 19.3. The molecule has 0 bridgehead atoms. The van der Waals surface area contributed by atoms with Crippen LogP contribution < -0.4 is 0 Å². The van der Waals surface area contributed by atoms with Gasteiger partial charge >= 0.3 is 11.9 Å². The van der Waals surface area contributed by atoms with Crippen LogP contribution in [0.4, 0.5) is 0 Å². The van der Waals surface area contributed by atoms with Crippen LogP contribution in [0, 0.1) is 5.92 Å². The van der Waals surface area contributed by atoms with Crippen molar-refractivity contribution in [1.82, 2.24) is 0 Å². The molecule has 0 spiro atoms. The molecule has 0 radical (unpaired) electrons. The van der Waals surface area contributed by atoms with Crippen LogP contribution >= 0.6 is 0 Å². The molecular weight excluding hydrogens is 612 g/mol. The van der Waals surface area contributed by atoms with Crippen LogP contribution in [-0.2, 0) is 19.1 Å². The number of carbonyl (C=O) groups is 2. The molecule has 0 aromatic carbocycles. The molecule has 0 amide bonds. The normalized spacial score (nSPS) is 13.8. The summed E-state index contributed by atoms with van der Waals surface area (Å²) in [5.41, 5.74) is 0. The number of rotatable bonds is 33. The molecule has 280 valence electrons. The fourth-order valence-electron chi connectivity index (χ4n) is 5.08. The number of aliphatic hydroxyl groups is 2. The van der Waals surface area contributed by atoms with Crippen molar-refractivity contribution in [3.05, 3.63) is 72.9 Å². The van der Waals surface area contributed by atoms with Gasteiger partial charge in [-0.15, -0.1) is 0 Å². The van der Waals surface area contributed by atoms with Crippen LogP contribution in [0.5, 0.6) is 0 Å². The molecule has 0 saturated carbocycles. The van der Waals surface area contributed by atoms with Gasteiger partial charge in [0.15, 0.2) is 6.10 Å². The van der Waals surface area contributed by atoms with E-state index < -0.39 is 18.2 Å². The molecular formula is C43H72O6. The van der Waals surface area contributed by atoms with Crippen molar-refractivity contribution in [3.63, 3.8) is 0 Å². The maximum atomic E-state index is 12.1. The Kier molecular flexibility index (Phi) is 34.6. The predicted octanol–water partition coefficient (Wildman–Crippen LogP) is 11.0. The quantitative estimate of drug-likeness (QED) is 0.0309. The Balaban J connectivity index is 3.76. The monoisotopic (exact) mass is 685 g/mol. The lowest BCUT2D eigenvalue weighted by molar-refractivity contribution is -0.161. The van der Waals surface area contributed by atoms with E-state index in [0.29, 0.717) is 19.3 Å². The van der Waals surface area contributed by atoms with Gasteiger partial charge in [0.1, 0.15) is 6.61 Å². The Morgan fingerprint density at radius 2 is 1.18 bits per heavy atom. The van der Waals surface area contributed by atoms with E-state index in [9.17, 15) is 19.8 Å². The molecule has 0 aliphatic carbocycles. The maximum Gasteiger partial charge on any atom is 0.306 e. The summed E-state index contributed by atoms with van der Waals surface area (Å²) in [7, 11) is 0. The van der Waals surface area contributed by atoms with E-state index in [2.05, 4.69) is 57.2 Å². The lowest BCUT2D eigenvalue weighted by Crippen LogP contribution is -2.28. The number of hydrogen-bond acceptors (Lipinski definition) is 6. The second-order valence-corrected chi connectivity index (χ2v) is 13.3. The highest BCUT2D eigenvalue weighted by atomic mass is 16.6. The number of aliphatic hydroxyl groups excluding tert-OH is 2. The van der Waals surface area contributed by atoms with Crippen LogP contribution in [-0.4, -0.2) is 47.6 Å². The number of esters is 2. The lowest BCUT2D eigenvalue weighted by Gasteiger charge is -2.15. The zero-order valence-electron chi connectivity index (χ0n) is 31.5. The Bertz CT molecular complexity index is 942. The lowest BCUT2D eigenvalue weighted by atomic mass is 10.0. The second kappa shape index (κ2) is 36.6. The summed E-state index contributed by atoms with van der Waals surface area (Å²) >= 11 is 0. The third-order valence-electron chi connectivity index (χ3n) is 8.04. The number of allylic oxidation sites excluding steroid dienone is 10. The van der Waals surface area contributed by atoms with Gasteiger partial charge < -0.3 is 19.7 Å². The molecule has 0 fully saturated rings. The molecule has 0 aromatic rings. The summed E-state index contributed by atoms with van der Waals surface area (Å²) in [6.45, 7) is 6.19. The van der Waals surface area contributed by atoms with Crippen molar-refractivity contribution in [1.29, 1.82) is 0 Å². The number of hydrogen-bond donors (Lipinski definition) is 2. The Morgan fingerprint density at radius 3 is 1.76 bits per heavy atom. The predicted molar refractivity (Wildman–Crippen MR) is 206 cm³/mol. The summed E-state index contributed by atoms with van der Waals surface area (Å²) in [5.74, 6) is 0.118. The Hall–Kier alpha value is -2.70. The smallest absolute Gasteiger partial charge is 0.306 e. The van der Waals surface area contributed by atoms with Gasteiger partial charge in [0.2, 0.25) is 0 Å². The van der Waals surface area contributed by atoms with E-state index >= 15 is 0 Å². The second-order valence-electron chi connectivity index (χ2n) is 13.3. The Morgan fingerprint density at radius 1 is 0.633 bits per heavy atom. The molecule has 0 saturated heterocycles. The largest absolute Gasteiger partial charge is 0.462 e. The highest BCUT2D eigenvalue weighted by Gasteiger charge is 2.15. The van der Waals surface area contributed by atoms with E-state index in [-0.39, 0.29) is 25.6 Å². The van der Waals surface area contributed by atoms with Crippen LogP contribution in [0.1, 0.15) is 156 Å². The van der Waals surface area contributed by atoms with Gasteiger partial charge in [-0.3, -0.25) is 9.59 Å². The standard InChI is InChI=1S/C43H72O6/c1-4-5-27-33-40(45)34-29-24-20-16-12-7-6-8-14-18-22-26-31-36-43(47)49-41(37-44)38-48-42(46)35-30-25-21-17-13-10-9-11-15-19-23-28-32-39(2)3/h5,7-8,12,14,20,22,24,26-27,29,34,39-41,44-45H,4,6,9-11,13,15-19,21,23,25,28,30-33,35-38H2,1-3H3/b12-7-,14-8-,24-20+,26-22-,27-5-,34-29+/t40?,41-/m0/s1. The fourth-order valence-corrected chi connectivity index (χ4v) is 5.08. The Labute approximate surface area is 300 Å². The molecule has 49 heavy (non-hydrogen) atoms. The van der Waals surface area contributed by atoms with E-state index in [1.54, 1.807) is 6.08 Å². The molecule has 2 atom stereocenters. The van der Waals surface area contributed by atoms with Gasteiger partial charge in [-0.05, 0) is 50.9 Å². The fraction of sp³-hybridized carbons (Fsp3) is 0.674. The average Bonchev–Trinajstić information content (AvgIpc) is 3.08. The van der Waals surface area contributed by atoms with Gasteiger partial charge in [-0.25, -0.2) is 0 Å². The zero-order chi connectivity index (χ0) is 36.0. The van der Waals surface area contributed by atoms with Gasteiger partial charge in [0.25, 0.3) is 0 Å². The summed E-state index contributed by atoms with van der Waals surface area (Å²) in [4.78, 5) is 24.2. The van der Waals surface area contributed by atoms with Crippen molar-refractivity contribution < 1.29 is 29.3 Å². The first-order valence-electron chi connectivity index (χ1n) is 19.5. The van der Waals surface area contributed by atoms with Crippen LogP contribution in [0.2, 0.25) is 0 Å². The minimum atomic E-state index is -0.825. The minimum Gasteiger partial charge on any atom is -0.462 e. The first-order chi connectivity index (χ1) is 23.9. The van der Waals surface area contributed by atoms with Gasteiger partial charge in [-0.2, -0.15) is 0 Å². The molecule has 6 heteroatoms. The van der Waals surface area contributed by atoms with Crippen LogP contribution in [0.25, 0.3) is 0 Å². The van der Waals surface area contributed by atoms with Crippen molar-refractivity contribution in [2.24, 2.45) is 5.92 Å². The highest BCUT2D eigenvalue weighted by Crippen LogP contribution is 2.14. The van der Waals surface area contributed by atoms with E-state index in [1.165, 1.54) is 64.2 Å². The number of carbonyl (C=O) groups excluding carboxylic acids is 2. The molecule has 1 unspecified atom stereocenters. The van der Waals surface area contributed by atoms with Crippen molar-refractivity contribution in [2.45, 2.75) is 168 Å². The average molecular weight is 685 g/mol. The molecule has 6 nitrogen and oxygen atoms in total. The summed E-state index contributed by atoms with van der Waals surface area (Å²) in [6.07, 6.45) is 44.5. The maximum absolute atomic E-state index is 12.1. The molecule has 0 heterocycles. The topological polar surface area (TPSA) is 93.1 Å². The molecule has 2 N–H and O–H groups in total. The molecule has 0 aliphatic rings. The van der Waals surface area contributed by atoms with Crippen molar-refractivity contribution in [2.75, 3.05) is 13.2 Å². The summed E-state index contributed by atoms with van der Waals surface area (Å²) in [6, 6.07) is 0. The van der Waals surface area contributed by atoms with E-state index in [4.69, 9.17) is 9.47 Å². The van der Waals surface area contributed by atoms with Crippen molar-refractivity contribution >= 4 is 11.9 Å². The van der Waals surface area contributed by atoms with Gasteiger partial charge in [0.05, 0.1) is 12.7 Å². The molecule has 0 aliphatic heterocycles. The SMILES string of the molecule is CC/C=C\CC(O)/C=C/C=C/C/C=C\C/C=C\C/C=C\CCC(=O)O[C@@H](CO)COC(=O)CCCCCCCCCCCCCCC(C)C. The van der Waals surface area contributed by atoms with E-state index in [0.717, 1.165) is 50.9 Å². The first kappa shape index (κ1) is 46.3. The number of unbranched alkanes of at least 4 members (excludes halogenated alkanes) is 11. The third kappa shape index (κ3) is 36.4. The molecule has 0 aromatic heterocycles. The minimum absolute atomic E-state index is 0.109. The third-order valence-corrected chi connectivity index (χ3v) is 8.04. The van der Waals surface area contributed by atoms with Crippen LogP contribution in [0.3, 0.4) is 0 Å². The number of ether oxygens (including phenoxy) is 2. The highest BCUT2D eigenvalue weighted by molar-refractivity contribution is 5.70. The van der Waals surface area contributed by atoms with Gasteiger partial charge in [0, 0.05) is 12.8 Å². The summed E-state index contributed by atoms with van der Waals surface area (Å²) < 4.78 is 10.5. The van der Waals surface area contributed by atoms with E-state index in [1.807, 2.05) is 30.4 Å². The van der Waals surface area contributed by atoms with Crippen molar-refractivity contribution in [3.8, 4) is 0 Å². The van der Waals surface area contributed by atoms with Crippen LogP contribution in [0.15, 0.2) is 72.9 Å². The first-order valence-corrected chi connectivity index (χ1v) is 19.5. The molecule has 0 rings (SSSR count). The zero-order valence-corrected chi connectivity index (χ0v) is 31.5.